The van der Waals surface area contributed by atoms with Crippen molar-refractivity contribution < 1.29 is 9.53 Å². The van der Waals surface area contributed by atoms with Crippen LogP contribution >= 0.6 is 0 Å². The largest absolute Gasteiger partial charge is 0.468 e. The molecule has 0 saturated heterocycles. The van der Waals surface area contributed by atoms with Gasteiger partial charge in [0, 0.05) is 6.42 Å². The summed E-state index contributed by atoms with van der Waals surface area (Å²) in [5.41, 5.74) is 5.56. The van der Waals surface area contributed by atoms with E-state index in [1.165, 1.54) is 7.11 Å². The zero-order chi connectivity index (χ0) is 10.8. The summed E-state index contributed by atoms with van der Waals surface area (Å²) < 4.78 is 4.52. The van der Waals surface area contributed by atoms with Crippen LogP contribution in [-0.4, -0.2) is 19.1 Å². The Morgan fingerprint density at radius 3 is 2.64 bits per heavy atom. The third kappa shape index (κ3) is 6.50. The zero-order valence-corrected chi connectivity index (χ0v) is 8.79. The second-order valence-corrected chi connectivity index (χ2v) is 3.29. The van der Waals surface area contributed by atoms with Gasteiger partial charge in [-0.3, -0.25) is 4.79 Å². The average molecular weight is 197 g/mol. The molecule has 3 nitrogen and oxygen atoms in total. The van der Waals surface area contributed by atoms with E-state index in [2.05, 4.69) is 10.7 Å². The number of carbonyl (C=O) groups is 1. The quantitative estimate of drug-likeness (QED) is 0.382. The molecule has 0 aromatic carbocycles. The van der Waals surface area contributed by atoms with Crippen molar-refractivity contribution >= 4 is 5.97 Å². The SMILES string of the molecule is C#CCCCCCCC(N)C(=O)OC. The van der Waals surface area contributed by atoms with Crippen LogP contribution in [0.4, 0.5) is 0 Å². The van der Waals surface area contributed by atoms with E-state index in [0.717, 1.165) is 32.1 Å². The van der Waals surface area contributed by atoms with Crippen LogP contribution in [0.15, 0.2) is 0 Å². The number of esters is 1. The lowest BCUT2D eigenvalue weighted by molar-refractivity contribution is -0.142. The lowest BCUT2D eigenvalue weighted by Crippen LogP contribution is -2.31. The van der Waals surface area contributed by atoms with Crippen molar-refractivity contribution in [2.45, 2.75) is 44.6 Å². The number of ether oxygens (including phenoxy) is 1. The highest BCUT2D eigenvalue weighted by atomic mass is 16.5. The Kier molecular flexibility index (Phi) is 7.96. The standard InChI is InChI=1S/C11H19NO2/c1-3-4-5-6-7-8-9-10(12)11(13)14-2/h1,10H,4-9,12H2,2H3. The summed E-state index contributed by atoms with van der Waals surface area (Å²) >= 11 is 0. The van der Waals surface area contributed by atoms with Crippen molar-refractivity contribution in [1.82, 2.24) is 0 Å². The fourth-order valence-corrected chi connectivity index (χ4v) is 1.21. The Labute approximate surface area is 86.0 Å². The molecule has 0 bridgehead atoms. The molecule has 0 saturated carbocycles. The molecule has 0 amide bonds. The molecule has 0 aromatic rings. The van der Waals surface area contributed by atoms with E-state index in [-0.39, 0.29) is 5.97 Å². The highest BCUT2D eigenvalue weighted by Crippen LogP contribution is 2.06. The first-order chi connectivity index (χ1) is 6.72. The minimum atomic E-state index is -0.465. The average Bonchev–Trinajstić information content (AvgIpc) is 2.21. The van der Waals surface area contributed by atoms with E-state index in [1.54, 1.807) is 0 Å². The summed E-state index contributed by atoms with van der Waals surface area (Å²) in [6.45, 7) is 0. The summed E-state index contributed by atoms with van der Waals surface area (Å²) in [6.07, 6.45) is 10.9. The Bertz CT molecular complexity index is 196. The van der Waals surface area contributed by atoms with Crippen LogP contribution in [0.5, 0.6) is 0 Å². The van der Waals surface area contributed by atoms with Crippen LogP contribution < -0.4 is 5.73 Å². The van der Waals surface area contributed by atoms with Crippen molar-refractivity contribution in [3.63, 3.8) is 0 Å². The van der Waals surface area contributed by atoms with Crippen LogP contribution in [0.3, 0.4) is 0 Å². The van der Waals surface area contributed by atoms with Crippen molar-refractivity contribution in [2.24, 2.45) is 5.73 Å². The van der Waals surface area contributed by atoms with Gasteiger partial charge in [0.05, 0.1) is 7.11 Å². The molecule has 0 radical (unpaired) electrons. The molecular weight excluding hydrogens is 178 g/mol. The Morgan fingerprint density at radius 1 is 1.43 bits per heavy atom. The van der Waals surface area contributed by atoms with Gasteiger partial charge in [-0.25, -0.2) is 0 Å². The van der Waals surface area contributed by atoms with Gasteiger partial charge in [-0.15, -0.1) is 12.3 Å². The molecule has 3 heteroatoms. The third-order valence-electron chi connectivity index (χ3n) is 2.09. The topological polar surface area (TPSA) is 52.3 Å². The molecular formula is C11H19NO2. The number of rotatable bonds is 7. The molecule has 0 rings (SSSR count). The second-order valence-electron chi connectivity index (χ2n) is 3.29. The van der Waals surface area contributed by atoms with Crippen LogP contribution in [0, 0.1) is 12.3 Å². The third-order valence-corrected chi connectivity index (χ3v) is 2.09. The summed E-state index contributed by atoms with van der Waals surface area (Å²) in [6, 6.07) is -0.465. The van der Waals surface area contributed by atoms with Gasteiger partial charge in [-0.05, 0) is 12.8 Å². The first-order valence-electron chi connectivity index (χ1n) is 4.99. The van der Waals surface area contributed by atoms with Gasteiger partial charge >= 0.3 is 5.97 Å². The van der Waals surface area contributed by atoms with Crippen LogP contribution in [0.2, 0.25) is 0 Å². The number of nitrogens with two attached hydrogens (primary N) is 1. The van der Waals surface area contributed by atoms with E-state index in [0.29, 0.717) is 6.42 Å². The van der Waals surface area contributed by atoms with E-state index in [9.17, 15) is 4.79 Å². The van der Waals surface area contributed by atoms with Gasteiger partial charge < -0.3 is 10.5 Å². The highest BCUT2D eigenvalue weighted by Gasteiger charge is 2.11. The van der Waals surface area contributed by atoms with Crippen LogP contribution in [-0.2, 0) is 9.53 Å². The lowest BCUT2D eigenvalue weighted by Gasteiger charge is -2.07. The number of hydrogen-bond donors (Lipinski definition) is 1. The molecule has 2 N–H and O–H groups in total. The molecule has 0 aliphatic heterocycles. The summed E-state index contributed by atoms with van der Waals surface area (Å²) in [4.78, 5) is 10.9. The fraction of sp³-hybridized carbons (Fsp3) is 0.727. The van der Waals surface area contributed by atoms with Crippen molar-refractivity contribution in [2.75, 3.05) is 7.11 Å². The normalized spacial score (nSPS) is 11.8. The van der Waals surface area contributed by atoms with E-state index in [1.807, 2.05) is 0 Å². The van der Waals surface area contributed by atoms with Crippen LogP contribution in [0.1, 0.15) is 38.5 Å². The summed E-state index contributed by atoms with van der Waals surface area (Å²) in [5, 5.41) is 0. The minimum absolute atomic E-state index is 0.325. The predicted molar refractivity (Wildman–Crippen MR) is 56.5 cm³/mol. The van der Waals surface area contributed by atoms with E-state index < -0.39 is 6.04 Å². The molecule has 14 heavy (non-hydrogen) atoms. The maximum Gasteiger partial charge on any atom is 0.322 e. The molecule has 0 aliphatic rings. The summed E-state index contributed by atoms with van der Waals surface area (Å²) in [5.74, 6) is 2.27. The number of unbranched alkanes of at least 4 members (excludes halogenated alkanes) is 4. The van der Waals surface area contributed by atoms with Gasteiger partial charge in [-0.1, -0.05) is 19.3 Å². The van der Waals surface area contributed by atoms with Crippen molar-refractivity contribution in [3.05, 3.63) is 0 Å². The predicted octanol–water partition coefficient (Wildman–Crippen LogP) is 1.46. The Balaban J connectivity index is 3.28. The molecule has 0 heterocycles. The van der Waals surface area contributed by atoms with Gasteiger partial charge in [0.1, 0.15) is 6.04 Å². The minimum Gasteiger partial charge on any atom is -0.468 e. The molecule has 0 aliphatic carbocycles. The first-order valence-corrected chi connectivity index (χ1v) is 4.99. The highest BCUT2D eigenvalue weighted by molar-refractivity contribution is 5.75. The first kappa shape index (κ1) is 13.0. The monoisotopic (exact) mass is 197 g/mol. The number of hydrogen-bond acceptors (Lipinski definition) is 3. The summed E-state index contributed by atoms with van der Waals surface area (Å²) in [7, 11) is 1.36. The number of methoxy groups -OCH3 is 1. The Hall–Kier alpha value is -1.01. The zero-order valence-electron chi connectivity index (χ0n) is 8.79. The fourth-order valence-electron chi connectivity index (χ4n) is 1.21. The van der Waals surface area contributed by atoms with Gasteiger partial charge in [0.2, 0.25) is 0 Å². The van der Waals surface area contributed by atoms with Gasteiger partial charge in [-0.2, -0.15) is 0 Å². The second kappa shape index (κ2) is 8.58. The molecule has 0 fully saturated rings. The number of terminal acetylenes is 1. The van der Waals surface area contributed by atoms with Crippen molar-refractivity contribution in [3.8, 4) is 12.3 Å². The smallest absolute Gasteiger partial charge is 0.322 e. The maximum atomic E-state index is 10.9. The molecule has 1 unspecified atom stereocenters. The van der Waals surface area contributed by atoms with E-state index in [4.69, 9.17) is 12.2 Å². The number of carbonyl (C=O) groups excluding carboxylic acids is 1. The van der Waals surface area contributed by atoms with E-state index >= 15 is 0 Å². The molecule has 0 spiro atoms. The molecule has 1 atom stereocenters. The maximum absolute atomic E-state index is 10.9. The van der Waals surface area contributed by atoms with Gasteiger partial charge in [0.15, 0.2) is 0 Å². The van der Waals surface area contributed by atoms with Crippen molar-refractivity contribution in [1.29, 1.82) is 0 Å². The molecule has 0 aromatic heterocycles. The van der Waals surface area contributed by atoms with Crippen LogP contribution in [0.25, 0.3) is 0 Å². The van der Waals surface area contributed by atoms with Gasteiger partial charge in [0.25, 0.3) is 0 Å². The molecule has 80 valence electrons. The lowest BCUT2D eigenvalue weighted by atomic mass is 10.1. The Morgan fingerprint density at radius 2 is 2.07 bits per heavy atom.